The molecule has 182 valence electrons. The third-order valence-electron chi connectivity index (χ3n) is 5.37. The predicted octanol–water partition coefficient (Wildman–Crippen LogP) is 4.11. The summed E-state index contributed by atoms with van der Waals surface area (Å²) in [5.74, 6) is -3.65. The molecule has 0 saturated carbocycles. The van der Waals surface area contributed by atoms with Gasteiger partial charge in [-0.2, -0.15) is 4.31 Å². The fraction of sp³-hybridized carbons (Fsp3) is 0.333. The van der Waals surface area contributed by atoms with Crippen molar-refractivity contribution < 1.29 is 31.5 Å². The van der Waals surface area contributed by atoms with Gasteiger partial charge in [0, 0.05) is 19.2 Å². The summed E-state index contributed by atoms with van der Waals surface area (Å²) in [5, 5.41) is 2.06. The first-order chi connectivity index (χ1) is 16.2. The van der Waals surface area contributed by atoms with Gasteiger partial charge in [-0.25, -0.2) is 22.0 Å². The zero-order chi connectivity index (χ0) is 24.7. The van der Waals surface area contributed by atoms with Gasteiger partial charge in [-0.05, 0) is 55.7 Å². The van der Waals surface area contributed by atoms with E-state index in [1.54, 1.807) is 12.1 Å². The summed E-state index contributed by atoms with van der Waals surface area (Å²) in [6.45, 7) is 2.28. The van der Waals surface area contributed by atoms with Gasteiger partial charge in [0.15, 0.2) is 6.10 Å². The molecule has 1 fully saturated rings. The van der Waals surface area contributed by atoms with Crippen LogP contribution in [0.25, 0.3) is 6.08 Å². The summed E-state index contributed by atoms with van der Waals surface area (Å²) in [6.07, 6.45) is 4.90. The summed E-state index contributed by atoms with van der Waals surface area (Å²) in [4.78, 5) is 24.3. The van der Waals surface area contributed by atoms with Crippen molar-refractivity contribution in [1.82, 2.24) is 4.31 Å². The number of esters is 1. The molecule has 2 aromatic rings. The van der Waals surface area contributed by atoms with Gasteiger partial charge < -0.3 is 10.1 Å². The second-order valence-electron chi connectivity index (χ2n) is 7.89. The summed E-state index contributed by atoms with van der Waals surface area (Å²) >= 11 is 0. The summed E-state index contributed by atoms with van der Waals surface area (Å²) < 4.78 is 59.4. The lowest BCUT2D eigenvalue weighted by atomic mass is 10.2. The standard InChI is InChI=1S/C24H26F2N2O5S/c1-17(24(30)27-23-20(25)7-6-8-21(23)26)33-22(29)14-11-18-9-12-19(13-10-18)34(31,32)28-15-4-2-3-5-16-28/h6-14,17H,2-5,15-16H2,1H3,(H,27,30)/b14-11+. The van der Waals surface area contributed by atoms with Gasteiger partial charge >= 0.3 is 5.97 Å². The number of amides is 1. The molecule has 1 aliphatic heterocycles. The lowest BCUT2D eigenvalue weighted by Crippen LogP contribution is -2.31. The monoisotopic (exact) mass is 492 g/mol. The quantitative estimate of drug-likeness (QED) is 0.464. The number of carbonyl (C=O) groups excluding carboxylic acids is 2. The highest BCUT2D eigenvalue weighted by Gasteiger charge is 2.25. The minimum Gasteiger partial charge on any atom is -0.449 e. The van der Waals surface area contributed by atoms with Crippen molar-refractivity contribution in [3.05, 3.63) is 65.7 Å². The Balaban J connectivity index is 1.57. The van der Waals surface area contributed by atoms with Gasteiger partial charge in [-0.15, -0.1) is 0 Å². The average molecular weight is 493 g/mol. The number of halogens is 2. The van der Waals surface area contributed by atoms with Crippen molar-refractivity contribution in [2.45, 2.75) is 43.6 Å². The van der Waals surface area contributed by atoms with Crippen molar-refractivity contribution in [2.75, 3.05) is 18.4 Å². The number of sulfonamides is 1. The molecule has 1 saturated heterocycles. The zero-order valence-electron chi connectivity index (χ0n) is 18.7. The van der Waals surface area contributed by atoms with Crippen LogP contribution in [0.1, 0.15) is 38.2 Å². The Labute approximate surface area is 197 Å². The molecule has 34 heavy (non-hydrogen) atoms. The number of nitrogens with one attached hydrogen (secondary N) is 1. The first kappa shape index (κ1) is 25.5. The minimum absolute atomic E-state index is 0.180. The first-order valence-electron chi connectivity index (χ1n) is 10.9. The van der Waals surface area contributed by atoms with Crippen LogP contribution in [-0.4, -0.2) is 43.8 Å². The molecule has 0 radical (unpaired) electrons. The molecule has 0 aromatic heterocycles. The molecule has 7 nitrogen and oxygen atoms in total. The number of ether oxygens (including phenoxy) is 1. The highest BCUT2D eigenvalue weighted by Crippen LogP contribution is 2.21. The maximum Gasteiger partial charge on any atom is 0.331 e. The van der Waals surface area contributed by atoms with Crippen molar-refractivity contribution in [1.29, 1.82) is 0 Å². The molecule has 3 rings (SSSR count). The van der Waals surface area contributed by atoms with E-state index in [4.69, 9.17) is 4.74 Å². The molecular formula is C24H26F2N2O5S. The SMILES string of the molecule is CC(OC(=O)/C=C/c1ccc(S(=O)(=O)N2CCCCCC2)cc1)C(=O)Nc1c(F)cccc1F. The molecule has 0 aliphatic carbocycles. The molecule has 2 aromatic carbocycles. The van der Waals surface area contributed by atoms with Crippen LogP contribution in [0.4, 0.5) is 14.5 Å². The summed E-state index contributed by atoms with van der Waals surface area (Å²) in [5.41, 5.74) is -0.0709. The zero-order valence-corrected chi connectivity index (χ0v) is 19.5. The first-order valence-corrected chi connectivity index (χ1v) is 12.4. The molecule has 0 bridgehead atoms. The molecule has 1 aliphatic rings. The van der Waals surface area contributed by atoms with Crippen LogP contribution in [0.3, 0.4) is 0 Å². The number of anilines is 1. The third kappa shape index (κ3) is 6.48. The van der Waals surface area contributed by atoms with E-state index >= 15 is 0 Å². The lowest BCUT2D eigenvalue weighted by molar-refractivity contribution is -0.148. The van der Waals surface area contributed by atoms with Gasteiger partial charge in [0.1, 0.15) is 17.3 Å². The fourth-order valence-electron chi connectivity index (χ4n) is 3.46. The Morgan fingerprint density at radius 3 is 2.18 bits per heavy atom. The number of hydrogen-bond acceptors (Lipinski definition) is 5. The molecule has 1 atom stereocenters. The molecule has 1 amide bonds. The van der Waals surface area contributed by atoms with E-state index in [1.165, 1.54) is 29.4 Å². The molecule has 1 N–H and O–H groups in total. The number of hydrogen-bond donors (Lipinski definition) is 1. The van der Waals surface area contributed by atoms with Gasteiger partial charge in [-0.1, -0.05) is 31.0 Å². The molecule has 1 heterocycles. The van der Waals surface area contributed by atoms with Crippen molar-refractivity contribution in [3.8, 4) is 0 Å². The van der Waals surface area contributed by atoms with Gasteiger partial charge in [0.05, 0.1) is 4.90 Å². The van der Waals surface area contributed by atoms with Crippen molar-refractivity contribution in [2.24, 2.45) is 0 Å². The van der Waals surface area contributed by atoms with Crippen LogP contribution in [0.15, 0.2) is 53.4 Å². The van der Waals surface area contributed by atoms with E-state index in [9.17, 15) is 26.8 Å². The maximum atomic E-state index is 13.7. The Bertz CT molecular complexity index is 1140. The molecular weight excluding hydrogens is 466 g/mol. The average Bonchev–Trinajstić information content (AvgIpc) is 3.10. The van der Waals surface area contributed by atoms with Crippen LogP contribution in [-0.2, 0) is 24.3 Å². The van der Waals surface area contributed by atoms with E-state index in [0.29, 0.717) is 18.7 Å². The van der Waals surface area contributed by atoms with E-state index < -0.39 is 45.3 Å². The van der Waals surface area contributed by atoms with Gasteiger partial charge in [0.2, 0.25) is 10.0 Å². The number of rotatable bonds is 7. The highest BCUT2D eigenvalue weighted by molar-refractivity contribution is 7.89. The Morgan fingerprint density at radius 2 is 1.59 bits per heavy atom. The van der Waals surface area contributed by atoms with Crippen molar-refractivity contribution >= 4 is 33.7 Å². The smallest absolute Gasteiger partial charge is 0.331 e. The topological polar surface area (TPSA) is 92.8 Å². The van der Waals surface area contributed by atoms with Gasteiger partial charge in [-0.3, -0.25) is 4.79 Å². The Kier molecular flexibility index (Phi) is 8.51. The van der Waals surface area contributed by atoms with Crippen LogP contribution >= 0.6 is 0 Å². The van der Waals surface area contributed by atoms with Crippen LogP contribution < -0.4 is 5.32 Å². The summed E-state index contributed by atoms with van der Waals surface area (Å²) in [7, 11) is -3.57. The predicted molar refractivity (Wildman–Crippen MR) is 123 cm³/mol. The number of carbonyl (C=O) groups is 2. The fourth-order valence-corrected chi connectivity index (χ4v) is 4.97. The summed E-state index contributed by atoms with van der Waals surface area (Å²) in [6, 6.07) is 9.21. The molecule has 1 unspecified atom stereocenters. The minimum atomic E-state index is -3.57. The van der Waals surface area contributed by atoms with E-state index in [1.807, 2.05) is 0 Å². The van der Waals surface area contributed by atoms with Crippen molar-refractivity contribution in [3.63, 3.8) is 0 Å². The Hall–Kier alpha value is -3.11. The number of benzene rings is 2. The molecule has 10 heteroatoms. The van der Waals surface area contributed by atoms with Crippen LogP contribution in [0, 0.1) is 11.6 Å². The second-order valence-corrected chi connectivity index (χ2v) is 9.82. The largest absolute Gasteiger partial charge is 0.449 e. The van der Waals surface area contributed by atoms with E-state index in [2.05, 4.69) is 5.32 Å². The van der Waals surface area contributed by atoms with Crippen LogP contribution in [0.5, 0.6) is 0 Å². The number of para-hydroxylation sites is 1. The van der Waals surface area contributed by atoms with E-state index in [-0.39, 0.29) is 4.90 Å². The lowest BCUT2D eigenvalue weighted by Gasteiger charge is -2.19. The molecule has 0 spiro atoms. The second kappa shape index (κ2) is 11.3. The van der Waals surface area contributed by atoms with Crippen LogP contribution in [0.2, 0.25) is 0 Å². The van der Waals surface area contributed by atoms with Gasteiger partial charge in [0.25, 0.3) is 5.91 Å². The maximum absolute atomic E-state index is 13.7. The Morgan fingerprint density at radius 1 is 1.00 bits per heavy atom. The number of nitrogens with zero attached hydrogens (tertiary/aromatic N) is 1. The third-order valence-corrected chi connectivity index (χ3v) is 7.28. The normalized spacial score (nSPS) is 16.1. The van der Waals surface area contributed by atoms with E-state index in [0.717, 1.165) is 50.0 Å². The highest BCUT2D eigenvalue weighted by atomic mass is 32.2.